The average Bonchev–Trinajstić information content (AvgIpc) is 2.88. The summed E-state index contributed by atoms with van der Waals surface area (Å²) in [4.78, 5) is 16.4. The predicted octanol–water partition coefficient (Wildman–Crippen LogP) is 3.51. The van der Waals surface area contributed by atoms with Crippen LogP contribution in [0, 0.1) is 4.77 Å². The molecule has 0 aliphatic carbocycles. The Labute approximate surface area is 124 Å². The normalized spacial score (nSPS) is 10.8. The molecule has 1 aromatic carbocycles. The Bertz CT molecular complexity index is 877. The summed E-state index contributed by atoms with van der Waals surface area (Å²) in [5, 5.41) is 2.52. The molecule has 0 fully saturated rings. The monoisotopic (exact) mass is 304 g/mol. The minimum atomic E-state index is -0.112. The second-order valence-corrected chi connectivity index (χ2v) is 5.47. The Morgan fingerprint density at radius 3 is 3.05 bits per heavy atom. The van der Waals surface area contributed by atoms with E-state index in [1.165, 1.54) is 15.9 Å². The van der Waals surface area contributed by atoms with Crippen molar-refractivity contribution >= 4 is 33.8 Å². The van der Waals surface area contributed by atoms with Crippen molar-refractivity contribution in [2.75, 3.05) is 6.61 Å². The van der Waals surface area contributed by atoms with E-state index in [4.69, 9.17) is 17.0 Å². The molecule has 0 saturated heterocycles. The number of aromatic nitrogens is 2. The van der Waals surface area contributed by atoms with Crippen LogP contribution >= 0.6 is 23.6 Å². The molecular formula is C14H12N2O2S2. The Hall–Kier alpha value is -1.92. The second kappa shape index (κ2) is 5.22. The van der Waals surface area contributed by atoms with Crippen LogP contribution in [0.4, 0.5) is 0 Å². The van der Waals surface area contributed by atoms with Gasteiger partial charge in [0, 0.05) is 6.07 Å². The van der Waals surface area contributed by atoms with Gasteiger partial charge < -0.3 is 9.72 Å². The van der Waals surface area contributed by atoms with E-state index >= 15 is 0 Å². The molecule has 3 aromatic rings. The highest BCUT2D eigenvalue weighted by atomic mass is 32.1. The number of benzene rings is 1. The van der Waals surface area contributed by atoms with Gasteiger partial charge in [0.1, 0.15) is 10.6 Å². The summed E-state index contributed by atoms with van der Waals surface area (Å²) in [5.74, 6) is 0.719. The van der Waals surface area contributed by atoms with Gasteiger partial charge in [0.05, 0.1) is 17.7 Å². The van der Waals surface area contributed by atoms with Crippen LogP contribution in [0.2, 0.25) is 0 Å². The van der Waals surface area contributed by atoms with Gasteiger partial charge >= 0.3 is 0 Å². The number of hydrogen-bond donors (Lipinski definition) is 1. The first-order chi connectivity index (χ1) is 9.70. The zero-order valence-corrected chi connectivity index (χ0v) is 12.4. The van der Waals surface area contributed by atoms with Crippen molar-refractivity contribution in [3.63, 3.8) is 0 Å². The van der Waals surface area contributed by atoms with Crippen molar-refractivity contribution in [2.45, 2.75) is 6.92 Å². The molecule has 3 rings (SSSR count). The number of H-pyrrole nitrogens is 1. The van der Waals surface area contributed by atoms with Crippen LogP contribution in [0.1, 0.15) is 6.92 Å². The first-order valence-electron chi connectivity index (χ1n) is 6.16. The topological polar surface area (TPSA) is 47.0 Å². The van der Waals surface area contributed by atoms with Gasteiger partial charge in [-0.1, -0.05) is 6.07 Å². The number of rotatable bonds is 3. The number of nitrogens with one attached hydrogen (secondary N) is 1. The quantitative estimate of drug-likeness (QED) is 0.753. The van der Waals surface area contributed by atoms with Crippen LogP contribution in [0.3, 0.4) is 0 Å². The number of ether oxygens (including phenoxy) is 1. The smallest absolute Gasteiger partial charge is 0.267 e. The summed E-state index contributed by atoms with van der Waals surface area (Å²) in [6, 6.07) is 9.16. The van der Waals surface area contributed by atoms with Gasteiger partial charge in [0.25, 0.3) is 5.56 Å². The molecule has 0 unspecified atom stereocenters. The molecule has 0 bridgehead atoms. The molecule has 102 valence electrons. The predicted molar refractivity (Wildman–Crippen MR) is 83.8 cm³/mol. The van der Waals surface area contributed by atoms with Gasteiger partial charge in [-0.2, -0.15) is 0 Å². The standard InChI is InChI=1S/C14H12N2O2S2/c1-2-18-10-5-3-4-9(8-10)16-13(17)11-6-7-20-12(11)15-14(16)19/h3-8H,2H2,1H3,(H,15,19). The summed E-state index contributed by atoms with van der Waals surface area (Å²) in [7, 11) is 0. The van der Waals surface area contributed by atoms with E-state index in [9.17, 15) is 4.79 Å². The van der Waals surface area contributed by atoms with E-state index in [1.807, 2.05) is 36.6 Å². The van der Waals surface area contributed by atoms with Gasteiger partial charge in [-0.25, -0.2) is 0 Å². The zero-order chi connectivity index (χ0) is 14.1. The third kappa shape index (κ3) is 2.17. The van der Waals surface area contributed by atoms with Crippen LogP contribution in [-0.2, 0) is 0 Å². The van der Waals surface area contributed by atoms with Crippen molar-refractivity contribution < 1.29 is 4.74 Å². The SMILES string of the molecule is CCOc1cccc(-n2c(=S)[nH]c3sccc3c2=O)c1. The first-order valence-corrected chi connectivity index (χ1v) is 7.45. The highest BCUT2D eigenvalue weighted by Crippen LogP contribution is 2.19. The van der Waals surface area contributed by atoms with Crippen molar-refractivity contribution in [2.24, 2.45) is 0 Å². The van der Waals surface area contributed by atoms with Crippen LogP contribution in [0.25, 0.3) is 15.9 Å². The van der Waals surface area contributed by atoms with Gasteiger partial charge in [0.2, 0.25) is 0 Å². The highest BCUT2D eigenvalue weighted by Gasteiger charge is 2.09. The van der Waals surface area contributed by atoms with Gasteiger partial charge in [-0.05, 0) is 42.7 Å². The minimum absolute atomic E-state index is 0.112. The molecule has 2 heterocycles. The van der Waals surface area contributed by atoms with Crippen LogP contribution in [0.15, 0.2) is 40.5 Å². The van der Waals surface area contributed by atoms with Crippen molar-refractivity contribution in [1.82, 2.24) is 9.55 Å². The fraction of sp³-hybridized carbons (Fsp3) is 0.143. The van der Waals surface area contributed by atoms with E-state index in [1.54, 1.807) is 6.07 Å². The Morgan fingerprint density at radius 2 is 2.25 bits per heavy atom. The second-order valence-electron chi connectivity index (χ2n) is 4.16. The molecule has 0 saturated carbocycles. The molecule has 0 atom stereocenters. The third-order valence-electron chi connectivity index (χ3n) is 2.91. The Kier molecular flexibility index (Phi) is 3.42. The molecule has 0 aliphatic heterocycles. The highest BCUT2D eigenvalue weighted by molar-refractivity contribution is 7.71. The number of thiophene rings is 1. The molecule has 0 spiro atoms. The van der Waals surface area contributed by atoms with Crippen LogP contribution in [0.5, 0.6) is 5.75 Å². The number of hydrogen-bond acceptors (Lipinski definition) is 4. The van der Waals surface area contributed by atoms with E-state index in [0.29, 0.717) is 22.5 Å². The minimum Gasteiger partial charge on any atom is -0.494 e. The van der Waals surface area contributed by atoms with Gasteiger partial charge in [0.15, 0.2) is 4.77 Å². The molecular weight excluding hydrogens is 292 g/mol. The molecule has 1 N–H and O–H groups in total. The third-order valence-corrected chi connectivity index (χ3v) is 4.02. The lowest BCUT2D eigenvalue weighted by atomic mass is 10.3. The van der Waals surface area contributed by atoms with E-state index in [0.717, 1.165) is 10.6 Å². The molecule has 4 nitrogen and oxygen atoms in total. The van der Waals surface area contributed by atoms with E-state index < -0.39 is 0 Å². The van der Waals surface area contributed by atoms with Crippen molar-refractivity contribution in [3.8, 4) is 11.4 Å². The number of fused-ring (bicyclic) bond motifs is 1. The maximum absolute atomic E-state index is 12.5. The van der Waals surface area contributed by atoms with Crippen LogP contribution < -0.4 is 10.3 Å². The lowest BCUT2D eigenvalue weighted by Gasteiger charge is -2.09. The summed E-state index contributed by atoms with van der Waals surface area (Å²) in [6.45, 7) is 2.50. The maximum atomic E-state index is 12.5. The molecule has 20 heavy (non-hydrogen) atoms. The Morgan fingerprint density at radius 1 is 1.40 bits per heavy atom. The van der Waals surface area contributed by atoms with Crippen LogP contribution in [-0.4, -0.2) is 16.2 Å². The lowest BCUT2D eigenvalue weighted by molar-refractivity contribution is 0.340. The summed E-state index contributed by atoms with van der Waals surface area (Å²) < 4.78 is 7.34. The lowest BCUT2D eigenvalue weighted by Crippen LogP contribution is -2.19. The summed E-state index contributed by atoms with van der Waals surface area (Å²) in [6.07, 6.45) is 0. The fourth-order valence-corrected chi connectivity index (χ4v) is 3.19. The van der Waals surface area contributed by atoms with Crippen molar-refractivity contribution in [1.29, 1.82) is 0 Å². The van der Waals surface area contributed by atoms with E-state index in [2.05, 4.69) is 4.98 Å². The molecule has 0 amide bonds. The Balaban J connectivity index is 2.26. The summed E-state index contributed by atoms with van der Waals surface area (Å²) >= 11 is 6.77. The fourth-order valence-electron chi connectivity index (χ4n) is 2.05. The molecule has 2 aromatic heterocycles. The average molecular weight is 304 g/mol. The molecule has 0 aliphatic rings. The molecule has 6 heteroatoms. The largest absolute Gasteiger partial charge is 0.494 e. The zero-order valence-electron chi connectivity index (χ0n) is 10.8. The number of nitrogens with zero attached hydrogens (tertiary/aromatic N) is 1. The van der Waals surface area contributed by atoms with Crippen molar-refractivity contribution in [3.05, 3.63) is 50.8 Å². The first kappa shape index (κ1) is 13.1. The molecule has 0 radical (unpaired) electrons. The van der Waals surface area contributed by atoms with Gasteiger partial charge in [-0.15, -0.1) is 11.3 Å². The number of aromatic amines is 1. The summed E-state index contributed by atoms with van der Waals surface area (Å²) in [5.41, 5.74) is 0.592. The van der Waals surface area contributed by atoms with Gasteiger partial charge in [-0.3, -0.25) is 9.36 Å². The van der Waals surface area contributed by atoms with E-state index in [-0.39, 0.29) is 5.56 Å². The maximum Gasteiger partial charge on any atom is 0.267 e.